The van der Waals surface area contributed by atoms with E-state index in [0.717, 1.165) is 11.0 Å². The fraction of sp³-hybridized carbons (Fsp3) is 0.214. The van der Waals surface area contributed by atoms with E-state index in [0.29, 0.717) is 10.3 Å². The Labute approximate surface area is 119 Å². The van der Waals surface area contributed by atoms with Crippen LogP contribution in [0.2, 0.25) is 0 Å². The number of hydrogen-bond donors (Lipinski definition) is 1. The molecular formula is C14H13FN2S2. The first kappa shape index (κ1) is 12.6. The zero-order valence-electron chi connectivity index (χ0n) is 10.6. The lowest BCUT2D eigenvalue weighted by molar-refractivity contribution is 0.619. The molecule has 0 aliphatic rings. The van der Waals surface area contributed by atoms with Gasteiger partial charge in [0.05, 0.1) is 17.1 Å². The van der Waals surface area contributed by atoms with E-state index in [4.69, 9.17) is 12.2 Å². The summed E-state index contributed by atoms with van der Waals surface area (Å²) < 4.78 is 16.3. The van der Waals surface area contributed by atoms with Gasteiger partial charge in [0, 0.05) is 0 Å². The lowest BCUT2D eigenvalue weighted by Crippen LogP contribution is -2.05. The van der Waals surface area contributed by atoms with Gasteiger partial charge in [-0.05, 0) is 66.2 Å². The average Bonchev–Trinajstić information content (AvgIpc) is 2.97. The second kappa shape index (κ2) is 4.58. The molecule has 19 heavy (non-hydrogen) atoms. The van der Waals surface area contributed by atoms with E-state index in [9.17, 15) is 4.39 Å². The number of aromatic amines is 1. The number of aromatic nitrogens is 2. The number of imidazole rings is 1. The molecule has 0 fully saturated rings. The first-order chi connectivity index (χ1) is 9.08. The molecule has 0 saturated carbocycles. The van der Waals surface area contributed by atoms with Crippen LogP contribution in [0.25, 0.3) is 11.0 Å². The molecule has 1 N–H and O–H groups in total. The van der Waals surface area contributed by atoms with Gasteiger partial charge in [0.1, 0.15) is 5.82 Å². The van der Waals surface area contributed by atoms with E-state index in [1.165, 1.54) is 11.6 Å². The number of nitrogens with zero attached hydrogens (tertiary/aromatic N) is 1. The number of aryl methyl sites for hydroxylation is 1. The number of hydrogen-bond acceptors (Lipinski definition) is 2. The van der Waals surface area contributed by atoms with Gasteiger partial charge in [-0.1, -0.05) is 0 Å². The maximum absolute atomic E-state index is 13.6. The normalized spacial score (nSPS) is 13.0. The Bertz CT molecular complexity index is 784. The number of H-pyrrole nitrogens is 1. The zero-order chi connectivity index (χ0) is 13.6. The van der Waals surface area contributed by atoms with Crippen LogP contribution in [0, 0.1) is 17.5 Å². The average molecular weight is 292 g/mol. The van der Waals surface area contributed by atoms with E-state index >= 15 is 0 Å². The molecule has 0 amide bonds. The lowest BCUT2D eigenvalue weighted by Gasteiger charge is -2.13. The molecule has 3 rings (SSSR count). The molecule has 0 spiro atoms. The third kappa shape index (κ3) is 2.03. The van der Waals surface area contributed by atoms with Crippen LogP contribution in [0.5, 0.6) is 0 Å². The van der Waals surface area contributed by atoms with Crippen LogP contribution in [0.4, 0.5) is 4.39 Å². The van der Waals surface area contributed by atoms with Gasteiger partial charge >= 0.3 is 0 Å². The summed E-state index contributed by atoms with van der Waals surface area (Å²) in [5.41, 5.74) is 3.54. The van der Waals surface area contributed by atoms with Crippen molar-refractivity contribution in [1.29, 1.82) is 0 Å². The molecule has 1 aromatic carbocycles. The predicted octanol–water partition coefficient (Wildman–Crippen LogP) is 4.82. The largest absolute Gasteiger partial charge is 0.330 e. The van der Waals surface area contributed by atoms with Gasteiger partial charge in [0.2, 0.25) is 0 Å². The van der Waals surface area contributed by atoms with Crippen LogP contribution < -0.4 is 0 Å². The first-order valence-corrected chi connectivity index (χ1v) is 7.35. The Morgan fingerprint density at radius 1 is 1.42 bits per heavy atom. The van der Waals surface area contributed by atoms with Crippen LogP contribution in [0.1, 0.15) is 24.1 Å². The number of benzene rings is 1. The molecule has 1 atom stereocenters. The molecule has 0 radical (unpaired) electrons. The lowest BCUT2D eigenvalue weighted by atomic mass is 10.1. The fourth-order valence-electron chi connectivity index (χ4n) is 2.30. The van der Waals surface area contributed by atoms with Gasteiger partial charge in [-0.3, -0.25) is 0 Å². The molecule has 5 heteroatoms. The number of thiophene rings is 1. The summed E-state index contributed by atoms with van der Waals surface area (Å²) >= 11 is 7.04. The maximum atomic E-state index is 13.6. The Hall–Kier alpha value is -1.46. The van der Waals surface area contributed by atoms with Crippen molar-refractivity contribution in [2.24, 2.45) is 0 Å². The summed E-state index contributed by atoms with van der Waals surface area (Å²) in [5, 5.41) is 4.16. The van der Waals surface area contributed by atoms with Gasteiger partial charge in [-0.2, -0.15) is 11.3 Å². The van der Waals surface area contributed by atoms with E-state index in [2.05, 4.69) is 28.7 Å². The third-order valence-corrected chi connectivity index (χ3v) is 4.41. The van der Waals surface area contributed by atoms with Crippen molar-refractivity contribution in [1.82, 2.24) is 9.55 Å². The van der Waals surface area contributed by atoms with E-state index in [1.54, 1.807) is 18.3 Å². The minimum atomic E-state index is -0.209. The molecular weight excluding hydrogens is 279 g/mol. The van der Waals surface area contributed by atoms with Crippen LogP contribution in [0.15, 0.2) is 29.0 Å². The second-order valence-electron chi connectivity index (χ2n) is 4.65. The molecule has 0 bridgehead atoms. The van der Waals surface area contributed by atoms with Crippen LogP contribution in [0.3, 0.4) is 0 Å². The monoisotopic (exact) mass is 292 g/mol. The molecule has 0 saturated heterocycles. The molecule has 3 aromatic rings. The van der Waals surface area contributed by atoms with Crippen molar-refractivity contribution < 1.29 is 4.39 Å². The molecule has 0 aliphatic heterocycles. The molecule has 98 valence electrons. The molecule has 0 aliphatic carbocycles. The summed E-state index contributed by atoms with van der Waals surface area (Å²) in [7, 11) is 0. The highest BCUT2D eigenvalue weighted by atomic mass is 32.1. The Morgan fingerprint density at radius 2 is 2.21 bits per heavy atom. The van der Waals surface area contributed by atoms with Crippen molar-refractivity contribution in [3.05, 3.63) is 50.7 Å². The highest BCUT2D eigenvalue weighted by molar-refractivity contribution is 7.71. The van der Waals surface area contributed by atoms with Crippen LogP contribution >= 0.6 is 23.6 Å². The van der Waals surface area contributed by atoms with Crippen molar-refractivity contribution in [2.45, 2.75) is 19.9 Å². The van der Waals surface area contributed by atoms with Crippen molar-refractivity contribution in [3.63, 3.8) is 0 Å². The van der Waals surface area contributed by atoms with Crippen LogP contribution in [-0.4, -0.2) is 9.55 Å². The Morgan fingerprint density at radius 3 is 2.89 bits per heavy atom. The molecule has 1 unspecified atom stereocenters. The van der Waals surface area contributed by atoms with Crippen molar-refractivity contribution in [3.8, 4) is 0 Å². The Balaban J connectivity index is 2.26. The third-order valence-electron chi connectivity index (χ3n) is 3.41. The van der Waals surface area contributed by atoms with Crippen molar-refractivity contribution >= 4 is 34.6 Å². The molecule has 2 heterocycles. The van der Waals surface area contributed by atoms with E-state index in [1.807, 2.05) is 10.6 Å². The standard InChI is InChI=1S/C14H13FN2S2/c1-8-5-13-12(6-11(8)15)16-14(18)17(13)9(2)10-3-4-19-7-10/h3-7,9H,1-2H3,(H,16,18). The Kier molecular flexibility index (Phi) is 3.03. The van der Waals surface area contributed by atoms with Gasteiger partial charge in [0.25, 0.3) is 0 Å². The maximum Gasteiger partial charge on any atom is 0.178 e. The quantitative estimate of drug-likeness (QED) is 0.672. The summed E-state index contributed by atoms with van der Waals surface area (Å²) in [6.45, 7) is 3.87. The number of rotatable bonds is 2. The first-order valence-electron chi connectivity index (χ1n) is 6.00. The van der Waals surface area contributed by atoms with E-state index in [-0.39, 0.29) is 11.9 Å². The fourth-order valence-corrected chi connectivity index (χ4v) is 3.41. The predicted molar refractivity (Wildman–Crippen MR) is 79.9 cm³/mol. The topological polar surface area (TPSA) is 20.7 Å². The minimum Gasteiger partial charge on any atom is -0.330 e. The summed E-state index contributed by atoms with van der Waals surface area (Å²) in [5.74, 6) is -0.209. The summed E-state index contributed by atoms with van der Waals surface area (Å²) in [6.07, 6.45) is 0. The van der Waals surface area contributed by atoms with Gasteiger partial charge in [0.15, 0.2) is 4.77 Å². The van der Waals surface area contributed by atoms with Crippen molar-refractivity contribution in [2.75, 3.05) is 0 Å². The van der Waals surface area contributed by atoms with Gasteiger partial charge in [-0.25, -0.2) is 4.39 Å². The highest BCUT2D eigenvalue weighted by Crippen LogP contribution is 2.27. The minimum absolute atomic E-state index is 0.136. The number of fused-ring (bicyclic) bond motifs is 1. The molecule has 2 nitrogen and oxygen atoms in total. The zero-order valence-corrected chi connectivity index (χ0v) is 12.2. The van der Waals surface area contributed by atoms with Crippen LogP contribution in [-0.2, 0) is 0 Å². The molecule has 2 aromatic heterocycles. The second-order valence-corrected chi connectivity index (χ2v) is 5.82. The van der Waals surface area contributed by atoms with Gasteiger partial charge in [-0.15, -0.1) is 0 Å². The number of halogens is 1. The summed E-state index contributed by atoms with van der Waals surface area (Å²) in [6, 6.07) is 5.58. The highest BCUT2D eigenvalue weighted by Gasteiger charge is 2.14. The van der Waals surface area contributed by atoms with E-state index < -0.39 is 0 Å². The summed E-state index contributed by atoms with van der Waals surface area (Å²) in [4.78, 5) is 3.08. The smallest absolute Gasteiger partial charge is 0.178 e. The SMILES string of the molecule is Cc1cc2c(cc1F)[nH]c(=S)n2C(C)c1ccsc1. The van der Waals surface area contributed by atoms with Gasteiger partial charge < -0.3 is 9.55 Å². The number of nitrogens with one attached hydrogen (secondary N) is 1.